The molecule has 0 aliphatic carbocycles. The average molecular weight is 238 g/mol. The van der Waals surface area contributed by atoms with Crippen LogP contribution in [0.5, 0.6) is 5.75 Å². The minimum absolute atomic E-state index is 0. The maximum Gasteiger partial charge on any atom is 0.120 e. The molecule has 80 valence electrons. The summed E-state index contributed by atoms with van der Waals surface area (Å²) in [6.07, 6.45) is 0.411. The largest absolute Gasteiger partial charge is 0.508 e. The van der Waals surface area contributed by atoms with E-state index in [0.717, 1.165) is 0 Å². The molecule has 0 aromatic heterocycles. The molecule has 3 nitrogen and oxygen atoms in total. The number of aromatic hydroxyl groups is 1. The lowest BCUT2D eigenvalue weighted by atomic mass is 10.0. The Bertz CT molecular complexity index is 294. The van der Waals surface area contributed by atoms with Gasteiger partial charge >= 0.3 is 0 Å². The van der Waals surface area contributed by atoms with E-state index in [1.807, 2.05) is 0 Å². The topological polar surface area (TPSA) is 66.5 Å². The molecule has 0 heterocycles. The van der Waals surface area contributed by atoms with Gasteiger partial charge in [0.1, 0.15) is 5.75 Å². The molecule has 0 aliphatic heterocycles. The first-order valence-corrected chi connectivity index (χ1v) is 4.38. The number of aliphatic hydroxyl groups excluding tert-OH is 1. The summed E-state index contributed by atoms with van der Waals surface area (Å²) in [4.78, 5) is 0. The van der Waals surface area contributed by atoms with Crippen LogP contribution in [0.15, 0.2) is 18.2 Å². The van der Waals surface area contributed by atoms with Gasteiger partial charge in [0.15, 0.2) is 0 Å². The lowest BCUT2D eigenvalue weighted by Crippen LogP contribution is -2.11. The quantitative estimate of drug-likeness (QED) is 0.752. The van der Waals surface area contributed by atoms with Crippen molar-refractivity contribution in [2.45, 2.75) is 12.5 Å². The highest BCUT2D eigenvalue weighted by atomic mass is 35.5. The van der Waals surface area contributed by atoms with E-state index in [1.165, 1.54) is 6.07 Å². The van der Waals surface area contributed by atoms with Crippen LogP contribution in [0.4, 0.5) is 0 Å². The monoisotopic (exact) mass is 237 g/mol. The lowest BCUT2D eigenvalue weighted by Gasteiger charge is -2.12. The summed E-state index contributed by atoms with van der Waals surface area (Å²) in [5.41, 5.74) is 6.27. The summed E-state index contributed by atoms with van der Waals surface area (Å²) in [5, 5.41) is 18.6. The Hall–Kier alpha value is -0.480. The third-order valence-electron chi connectivity index (χ3n) is 1.83. The first kappa shape index (κ1) is 13.5. The smallest absolute Gasteiger partial charge is 0.120 e. The van der Waals surface area contributed by atoms with E-state index in [4.69, 9.17) is 22.4 Å². The van der Waals surface area contributed by atoms with Gasteiger partial charge in [-0.1, -0.05) is 11.6 Å². The molecule has 0 spiro atoms. The summed E-state index contributed by atoms with van der Waals surface area (Å²) in [6, 6.07) is 4.32. The van der Waals surface area contributed by atoms with Crippen LogP contribution in [-0.4, -0.2) is 16.8 Å². The molecular formula is C9H13Cl2NO2. The van der Waals surface area contributed by atoms with Crippen LogP contribution in [-0.2, 0) is 0 Å². The number of halogens is 2. The number of aliphatic hydroxyl groups is 1. The van der Waals surface area contributed by atoms with Gasteiger partial charge in [0.05, 0.1) is 0 Å². The molecule has 1 rings (SSSR count). The van der Waals surface area contributed by atoms with Crippen molar-refractivity contribution in [2.75, 3.05) is 6.61 Å². The molecule has 1 aromatic carbocycles. The molecule has 0 aliphatic rings. The number of rotatable bonds is 3. The highest BCUT2D eigenvalue weighted by molar-refractivity contribution is 6.30. The van der Waals surface area contributed by atoms with Crippen molar-refractivity contribution in [2.24, 2.45) is 5.73 Å². The molecule has 0 saturated heterocycles. The Morgan fingerprint density at radius 2 is 2.07 bits per heavy atom. The Morgan fingerprint density at radius 1 is 1.43 bits per heavy atom. The summed E-state index contributed by atoms with van der Waals surface area (Å²) in [6.45, 7) is -0.00683. The van der Waals surface area contributed by atoms with Crippen molar-refractivity contribution in [1.82, 2.24) is 0 Å². The summed E-state index contributed by atoms with van der Waals surface area (Å²) in [5.74, 6) is 0.116. The van der Waals surface area contributed by atoms with E-state index >= 15 is 0 Å². The number of hydrogen-bond donors (Lipinski definition) is 3. The van der Waals surface area contributed by atoms with E-state index in [2.05, 4.69) is 0 Å². The van der Waals surface area contributed by atoms with E-state index < -0.39 is 0 Å². The van der Waals surface area contributed by atoms with Crippen molar-refractivity contribution < 1.29 is 10.2 Å². The first-order valence-electron chi connectivity index (χ1n) is 4.00. The van der Waals surface area contributed by atoms with Gasteiger partial charge in [-0.15, -0.1) is 12.4 Å². The molecule has 1 atom stereocenters. The van der Waals surface area contributed by atoms with Crippen LogP contribution in [0.1, 0.15) is 18.0 Å². The van der Waals surface area contributed by atoms with Crippen LogP contribution in [0.2, 0.25) is 5.02 Å². The van der Waals surface area contributed by atoms with E-state index in [0.29, 0.717) is 17.0 Å². The van der Waals surface area contributed by atoms with Crippen molar-refractivity contribution in [3.63, 3.8) is 0 Å². The van der Waals surface area contributed by atoms with Gasteiger partial charge in [-0.2, -0.15) is 0 Å². The Morgan fingerprint density at radius 3 is 2.64 bits per heavy atom. The second kappa shape index (κ2) is 6.09. The van der Waals surface area contributed by atoms with E-state index in [1.54, 1.807) is 12.1 Å². The van der Waals surface area contributed by atoms with Crippen molar-refractivity contribution in [3.8, 4) is 5.75 Å². The summed E-state index contributed by atoms with van der Waals surface area (Å²) >= 11 is 5.73. The second-order valence-corrected chi connectivity index (χ2v) is 3.26. The van der Waals surface area contributed by atoms with Gasteiger partial charge < -0.3 is 15.9 Å². The van der Waals surface area contributed by atoms with Gasteiger partial charge in [0.2, 0.25) is 0 Å². The number of phenolic OH excluding ortho intramolecular Hbond substituents is 1. The van der Waals surface area contributed by atoms with Gasteiger partial charge in [-0.05, 0) is 24.6 Å². The van der Waals surface area contributed by atoms with Crippen LogP contribution in [0.3, 0.4) is 0 Å². The Balaban J connectivity index is 0.00000169. The zero-order valence-electron chi connectivity index (χ0n) is 7.48. The molecule has 0 fully saturated rings. The van der Waals surface area contributed by atoms with Gasteiger partial charge in [-0.25, -0.2) is 0 Å². The fourth-order valence-corrected chi connectivity index (χ4v) is 1.30. The molecule has 5 heteroatoms. The maximum atomic E-state index is 9.41. The Labute approximate surface area is 93.9 Å². The first-order chi connectivity index (χ1) is 6.15. The molecular weight excluding hydrogens is 225 g/mol. The fraction of sp³-hybridized carbons (Fsp3) is 0.333. The fourth-order valence-electron chi connectivity index (χ4n) is 1.12. The average Bonchev–Trinajstić information content (AvgIpc) is 2.09. The van der Waals surface area contributed by atoms with Crippen LogP contribution >= 0.6 is 24.0 Å². The molecule has 14 heavy (non-hydrogen) atoms. The van der Waals surface area contributed by atoms with Crippen LogP contribution in [0.25, 0.3) is 0 Å². The predicted octanol–water partition coefficient (Wildman–Crippen LogP) is 1.85. The van der Waals surface area contributed by atoms with Crippen molar-refractivity contribution in [1.29, 1.82) is 0 Å². The number of hydrogen-bond acceptors (Lipinski definition) is 3. The minimum atomic E-state index is -0.372. The molecule has 0 amide bonds. The standard InChI is InChI=1S/C9H12ClNO2.ClH/c10-6-1-2-9(13)7(5-6)8(11)3-4-12;/h1-2,5,8,12-13H,3-4,11H2;1H/t8-;/m1./s1. The third-order valence-corrected chi connectivity index (χ3v) is 2.06. The normalized spacial score (nSPS) is 11.9. The van der Waals surface area contributed by atoms with Crippen LogP contribution in [0, 0.1) is 0 Å². The lowest BCUT2D eigenvalue weighted by molar-refractivity contribution is 0.275. The zero-order chi connectivity index (χ0) is 9.84. The molecule has 1 aromatic rings. The number of nitrogens with two attached hydrogens (primary N) is 1. The SMILES string of the molecule is Cl.N[C@H](CCO)c1cc(Cl)ccc1O. The van der Waals surface area contributed by atoms with Crippen molar-refractivity contribution >= 4 is 24.0 Å². The molecule has 0 bridgehead atoms. The van der Waals surface area contributed by atoms with E-state index in [9.17, 15) is 5.11 Å². The van der Waals surface area contributed by atoms with Gasteiger partial charge in [0, 0.05) is 23.2 Å². The molecule has 0 radical (unpaired) electrons. The minimum Gasteiger partial charge on any atom is -0.508 e. The molecule has 4 N–H and O–H groups in total. The third kappa shape index (κ3) is 3.35. The highest BCUT2D eigenvalue weighted by Crippen LogP contribution is 2.27. The zero-order valence-corrected chi connectivity index (χ0v) is 9.05. The highest BCUT2D eigenvalue weighted by Gasteiger charge is 2.10. The van der Waals surface area contributed by atoms with Gasteiger partial charge in [-0.3, -0.25) is 0 Å². The maximum absolute atomic E-state index is 9.41. The van der Waals surface area contributed by atoms with E-state index in [-0.39, 0.29) is 30.8 Å². The van der Waals surface area contributed by atoms with Gasteiger partial charge in [0.25, 0.3) is 0 Å². The molecule has 0 unspecified atom stereocenters. The number of benzene rings is 1. The summed E-state index contributed by atoms with van der Waals surface area (Å²) < 4.78 is 0. The van der Waals surface area contributed by atoms with Crippen molar-refractivity contribution in [3.05, 3.63) is 28.8 Å². The number of phenols is 1. The second-order valence-electron chi connectivity index (χ2n) is 2.82. The Kier molecular flexibility index (Phi) is 5.88. The van der Waals surface area contributed by atoms with Crippen LogP contribution < -0.4 is 5.73 Å². The summed E-state index contributed by atoms with van der Waals surface area (Å²) in [7, 11) is 0. The molecule has 0 saturated carbocycles. The predicted molar refractivity (Wildman–Crippen MR) is 59.0 cm³/mol.